The molecule has 0 atom stereocenters. The van der Waals surface area contributed by atoms with E-state index in [4.69, 9.17) is 10.5 Å². The van der Waals surface area contributed by atoms with Crippen LogP contribution in [0.2, 0.25) is 0 Å². The minimum absolute atomic E-state index is 0.231. The van der Waals surface area contributed by atoms with Gasteiger partial charge in [0.15, 0.2) is 0 Å². The average Bonchev–Trinajstić information content (AvgIpc) is 2.37. The normalized spacial score (nSPS) is 10.4. The number of aryl methyl sites for hydroxylation is 2. The van der Waals surface area contributed by atoms with Crippen LogP contribution in [0.25, 0.3) is 0 Å². The molecule has 0 saturated carbocycles. The number of aromatic nitrogens is 2. The van der Waals surface area contributed by atoms with Gasteiger partial charge in [0.1, 0.15) is 5.75 Å². The van der Waals surface area contributed by atoms with Crippen molar-refractivity contribution in [3.05, 3.63) is 41.6 Å². The second-order valence-electron chi connectivity index (χ2n) is 4.56. The fourth-order valence-electron chi connectivity index (χ4n) is 1.84. The molecule has 0 aliphatic heterocycles. The second-order valence-corrected chi connectivity index (χ2v) is 4.56. The van der Waals surface area contributed by atoms with E-state index in [9.17, 15) is 0 Å². The Labute approximate surface area is 113 Å². The van der Waals surface area contributed by atoms with Crippen LogP contribution in [0.15, 0.2) is 30.3 Å². The predicted molar refractivity (Wildman–Crippen MR) is 76.3 cm³/mol. The molecule has 1 heterocycles. The third kappa shape index (κ3) is 3.95. The quantitative estimate of drug-likeness (QED) is 0.890. The fraction of sp³-hybridized carbons (Fsp3) is 0.333. The van der Waals surface area contributed by atoms with Gasteiger partial charge < -0.3 is 10.5 Å². The Balaban J connectivity index is 2.06. The highest BCUT2D eigenvalue weighted by Crippen LogP contribution is 2.21. The summed E-state index contributed by atoms with van der Waals surface area (Å²) in [7, 11) is 0. The minimum Gasteiger partial charge on any atom is -0.439 e. The Morgan fingerprint density at radius 3 is 2.53 bits per heavy atom. The second kappa shape index (κ2) is 6.18. The molecule has 0 radical (unpaired) electrons. The number of unbranched alkanes of at least 4 members (excludes halogenated alkanes) is 1. The van der Waals surface area contributed by atoms with Crippen molar-refractivity contribution in [2.75, 3.05) is 5.73 Å². The van der Waals surface area contributed by atoms with Gasteiger partial charge in [-0.15, -0.1) is 0 Å². The molecule has 1 aromatic carbocycles. The van der Waals surface area contributed by atoms with Crippen LogP contribution in [-0.4, -0.2) is 9.97 Å². The highest BCUT2D eigenvalue weighted by atomic mass is 16.5. The van der Waals surface area contributed by atoms with Crippen molar-refractivity contribution in [1.82, 2.24) is 9.97 Å². The first-order valence-corrected chi connectivity index (χ1v) is 6.55. The zero-order valence-corrected chi connectivity index (χ0v) is 11.4. The molecule has 0 unspecified atom stereocenters. The maximum absolute atomic E-state index is 5.67. The molecular weight excluding hydrogens is 238 g/mol. The standard InChI is InChI=1S/C15H19N3O/c1-3-4-5-12-6-8-13(9-7-12)19-14-10-11(2)17-15(16)18-14/h6-10H,3-5H2,1-2H3,(H2,16,17,18). The topological polar surface area (TPSA) is 61.0 Å². The molecule has 0 aliphatic carbocycles. The van der Waals surface area contributed by atoms with Crippen molar-refractivity contribution in [2.45, 2.75) is 33.1 Å². The number of hydrogen-bond donors (Lipinski definition) is 1. The van der Waals surface area contributed by atoms with Gasteiger partial charge in [-0.3, -0.25) is 0 Å². The summed E-state index contributed by atoms with van der Waals surface area (Å²) in [5.74, 6) is 1.47. The van der Waals surface area contributed by atoms with Crippen molar-refractivity contribution in [3.8, 4) is 11.6 Å². The van der Waals surface area contributed by atoms with E-state index in [1.165, 1.54) is 18.4 Å². The molecule has 4 heteroatoms. The highest BCUT2D eigenvalue weighted by Gasteiger charge is 2.02. The highest BCUT2D eigenvalue weighted by molar-refractivity contribution is 5.33. The Morgan fingerprint density at radius 1 is 1.16 bits per heavy atom. The number of nitrogens with zero attached hydrogens (tertiary/aromatic N) is 2. The molecule has 100 valence electrons. The van der Waals surface area contributed by atoms with Gasteiger partial charge in [0.25, 0.3) is 0 Å². The van der Waals surface area contributed by atoms with Gasteiger partial charge >= 0.3 is 0 Å². The molecule has 0 saturated heterocycles. The van der Waals surface area contributed by atoms with E-state index >= 15 is 0 Å². The molecule has 0 bridgehead atoms. The van der Waals surface area contributed by atoms with E-state index in [1.54, 1.807) is 6.07 Å². The third-order valence-electron chi connectivity index (χ3n) is 2.81. The van der Waals surface area contributed by atoms with Crippen LogP contribution in [0, 0.1) is 6.92 Å². The van der Waals surface area contributed by atoms with E-state index in [2.05, 4.69) is 29.0 Å². The van der Waals surface area contributed by atoms with Crippen molar-refractivity contribution >= 4 is 5.95 Å². The van der Waals surface area contributed by atoms with Crippen LogP contribution in [0.1, 0.15) is 31.0 Å². The number of nitrogen functional groups attached to an aromatic ring is 1. The van der Waals surface area contributed by atoms with Gasteiger partial charge in [0, 0.05) is 11.8 Å². The molecule has 2 N–H and O–H groups in total. The number of anilines is 1. The molecule has 1 aromatic heterocycles. The summed E-state index contributed by atoms with van der Waals surface area (Å²) in [6.45, 7) is 4.05. The first-order chi connectivity index (χ1) is 9.17. The van der Waals surface area contributed by atoms with Gasteiger partial charge in [0.05, 0.1) is 0 Å². The van der Waals surface area contributed by atoms with E-state index < -0.39 is 0 Å². The lowest BCUT2D eigenvalue weighted by molar-refractivity contribution is 0.461. The molecule has 2 rings (SSSR count). The van der Waals surface area contributed by atoms with Crippen LogP contribution in [0.4, 0.5) is 5.95 Å². The van der Waals surface area contributed by atoms with Crippen molar-refractivity contribution in [3.63, 3.8) is 0 Å². The lowest BCUT2D eigenvalue weighted by Gasteiger charge is -2.07. The van der Waals surface area contributed by atoms with E-state index in [1.807, 2.05) is 19.1 Å². The lowest BCUT2D eigenvalue weighted by atomic mass is 10.1. The SMILES string of the molecule is CCCCc1ccc(Oc2cc(C)nc(N)n2)cc1. The molecule has 19 heavy (non-hydrogen) atoms. The summed E-state index contributed by atoms with van der Waals surface area (Å²) in [6.07, 6.45) is 3.52. The molecule has 0 amide bonds. The Hall–Kier alpha value is -2.10. The maximum atomic E-state index is 5.67. The van der Waals surface area contributed by atoms with Crippen molar-refractivity contribution in [2.24, 2.45) is 0 Å². The smallest absolute Gasteiger partial charge is 0.224 e. The lowest BCUT2D eigenvalue weighted by Crippen LogP contribution is -1.98. The molecular formula is C15H19N3O. The monoisotopic (exact) mass is 257 g/mol. The maximum Gasteiger partial charge on any atom is 0.224 e. The van der Waals surface area contributed by atoms with Crippen LogP contribution >= 0.6 is 0 Å². The van der Waals surface area contributed by atoms with Gasteiger partial charge in [-0.2, -0.15) is 4.98 Å². The largest absolute Gasteiger partial charge is 0.439 e. The van der Waals surface area contributed by atoms with Gasteiger partial charge in [-0.1, -0.05) is 25.5 Å². The number of nitrogens with two attached hydrogens (primary N) is 1. The van der Waals surface area contributed by atoms with E-state index in [0.29, 0.717) is 5.88 Å². The molecule has 0 spiro atoms. The summed E-state index contributed by atoms with van der Waals surface area (Å²) < 4.78 is 5.67. The minimum atomic E-state index is 0.231. The van der Waals surface area contributed by atoms with Crippen LogP contribution in [0.5, 0.6) is 11.6 Å². The zero-order chi connectivity index (χ0) is 13.7. The number of ether oxygens (including phenoxy) is 1. The van der Waals surface area contributed by atoms with Crippen LogP contribution < -0.4 is 10.5 Å². The van der Waals surface area contributed by atoms with Gasteiger partial charge in [-0.05, 0) is 37.5 Å². The Morgan fingerprint density at radius 2 is 1.89 bits per heavy atom. The molecule has 0 fully saturated rings. The fourth-order valence-corrected chi connectivity index (χ4v) is 1.84. The molecule has 4 nitrogen and oxygen atoms in total. The Kier molecular flexibility index (Phi) is 4.34. The zero-order valence-electron chi connectivity index (χ0n) is 11.4. The summed E-state index contributed by atoms with van der Waals surface area (Å²) in [6, 6.07) is 9.85. The summed E-state index contributed by atoms with van der Waals surface area (Å²) in [5.41, 5.74) is 7.71. The van der Waals surface area contributed by atoms with Gasteiger partial charge in [-0.25, -0.2) is 4.98 Å². The predicted octanol–water partition coefficient (Wildman–Crippen LogP) is 3.50. The number of benzene rings is 1. The van der Waals surface area contributed by atoms with E-state index in [0.717, 1.165) is 17.9 Å². The first-order valence-electron chi connectivity index (χ1n) is 6.55. The van der Waals surface area contributed by atoms with Crippen molar-refractivity contribution < 1.29 is 4.74 Å². The van der Waals surface area contributed by atoms with E-state index in [-0.39, 0.29) is 5.95 Å². The summed E-state index contributed by atoms with van der Waals surface area (Å²) >= 11 is 0. The summed E-state index contributed by atoms with van der Waals surface area (Å²) in [4.78, 5) is 8.06. The Bertz CT molecular complexity index is 517. The molecule has 2 aromatic rings. The van der Waals surface area contributed by atoms with Crippen LogP contribution in [0.3, 0.4) is 0 Å². The van der Waals surface area contributed by atoms with Gasteiger partial charge in [0.2, 0.25) is 11.8 Å². The number of rotatable bonds is 5. The van der Waals surface area contributed by atoms with Crippen LogP contribution in [-0.2, 0) is 6.42 Å². The average molecular weight is 257 g/mol. The third-order valence-corrected chi connectivity index (χ3v) is 2.81. The van der Waals surface area contributed by atoms with Crippen molar-refractivity contribution in [1.29, 1.82) is 0 Å². The first kappa shape index (κ1) is 13.3. The molecule has 0 aliphatic rings. The summed E-state index contributed by atoms with van der Waals surface area (Å²) in [5, 5.41) is 0. The number of hydrogen-bond acceptors (Lipinski definition) is 4.